The van der Waals surface area contributed by atoms with E-state index in [2.05, 4.69) is 10.2 Å². The summed E-state index contributed by atoms with van der Waals surface area (Å²) in [4.78, 5) is 26.4. The van der Waals surface area contributed by atoms with Crippen molar-refractivity contribution in [3.8, 4) is 0 Å². The fraction of sp³-hybridized carbons (Fsp3) is 0.667. The maximum Gasteiger partial charge on any atom is 0.320 e. The van der Waals surface area contributed by atoms with Crippen LogP contribution >= 0.6 is 0 Å². The molecule has 2 rings (SSSR count). The average Bonchev–Trinajstić information content (AvgIpc) is 2.84. The van der Waals surface area contributed by atoms with Crippen LogP contribution < -0.4 is 0 Å². The standard InChI is InChI=1S/C12H19N5O3/c1-9(2)17(4-3-11(18)19)12(20)15-5-6-16-8-13-14-10(16)7-15/h8-9H,3-7H2,1-2H3,(H,18,19). The molecule has 20 heavy (non-hydrogen) atoms. The first-order chi connectivity index (χ1) is 9.49. The zero-order valence-corrected chi connectivity index (χ0v) is 11.7. The van der Waals surface area contributed by atoms with Crippen LogP contribution in [0, 0.1) is 0 Å². The minimum Gasteiger partial charge on any atom is -0.481 e. The Kier molecular flexibility index (Phi) is 4.21. The lowest BCUT2D eigenvalue weighted by atomic mass is 10.3. The molecule has 2 amide bonds. The monoisotopic (exact) mass is 281 g/mol. The molecule has 110 valence electrons. The second-order valence-electron chi connectivity index (χ2n) is 5.08. The van der Waals surface area contributed by atoms with Gasteiger partial charge in [-0.25, -0.2) is 4.79 Å². The smallest absolute Gasteiger partial charge is 0.320 e. The largest absolute Gasteiger partial charge is 0.481 e. The molecule has 0 spiro atoms. The molecular formula is C12H19N5O3. The van der Waals surface area contributed by atoms with Gasteiger partial charge in [0.2, 0.25) is 0 Å². The Morgan fingerprint density at radius 3 is 2.85 bits per heavy atom. The van der Waals surface area contributed by atoms with Crippen molar-refractivity contribution >= 4 is 12.0 Å². The van der Waals surface area contributed by atoms with Gasteiger partial charge in [0.25, 0.3) is 0 Å². The summed E-state index contributed by atoms with van der Waals surface area (Å²) in [5.41, 5.74) is 0. The van der Waals surface area contributed by atoms with Crippen LogP contribution in [0.2, 0.25) is 0 Å². The van der Waals surface area contributed by atoms with Crippen LogP contribution in [0.25, 0.3) is 0 Å². The lowest BCUT2D eigenvalue weighted by Crippen LogP contribution is -2.49. The molecule has 0 atom stereocenters. The van der Waals surface area contributed by atoms with Gasteiger partial charge in [-0.3, -0.25) is 4.79 Å². The number of aliphatic carboxylic acids is 1. The van der Waals surface area contributed by atoms with Gasteiger partial charge in [-0.05, 0) is 13.8 Å². The van der Waals surface area contributed by atoms with Gasteiger partial charge in [-0.2, -0.15) is 0 Å². The number of carboxylic acid groups (broad SMARTS) is 1. The van der Waals surface area contributed by atoms with Crippen LogP contribution in [0.1, 0.15) is 26.1 Å². The minimum absolute atomic E-state index is 0.0401. The molecule has 0 unspecified atom stereocenters. The molecule has 8 heteroatoms. The van der Waals surface area contributed by atoms with E-state index in [0.717, 1.165) is 5.82 Å². The third kappa shape index (κ3) is 3.06. The summed E-state index contributed by atoms with van der Waals surface area (Å²) in [6.45, 7) is 5.64. The SMILES string of the molecule is CC(C)N(CCC(=O)O)C(=O)N1CCn2cnnc2C1. The van der Waals surface area contributed by atoms with E-state index in [1.165, 1.54) is 0 Å². The first-order valence-electron chi connectivity index (χ1n) is 6.63. The van der Waals surface area contributed by atoms with Crippen molar-refractivity contribution in [1.82, 2.24) is 24.6 Å². The lowest BCUT2D eigenvalue weighted by Gasteiger charge is -2.34. The van der Waals surface area contributed by atoms with E-state index in [9.17, 15) is 9.59 Å². The van der Waals surface area contributed by atoms with Gasteiger partial charge >= 0.3 is 12.0 Å². The van der Waals surface area contributed by atoms with Gasteiger partial charge < -0.3 is 19.5 Å². The number of rotatable bonds is 4. The number of carbonyl (C=O) groups excluding carboxylic acids is 1. The van der Waals surface area contributed by atoms with E-state index in [4.69, 9.17) is 5.11 Å². The van der Waals surface area contributed by atoms with E-state index in [0.29, 0.717) is 19.6 Å². The van der Waals surface area contributed by atoms with Crippen molar-refractivity contribution in [2.45, 2.75) is 39.4 Å². The van der Waals surface area contributed by atoms with Crippen LogP contribution in [-0.4, -0.2) is 60.8 Å². The van der Waals surface area contributed by atoms with E-state index in [1.54, 1.807) is 16.1 Å². The zero-order valence-electron chi connectivity index (χ0n) is 11.7. The van der Waals surface area contributed by atoms with Crippen molar-refractivity contribution in [3.63, 3.8) is 0 Å². The number of hydrogen-bond acceptors (Lipinski definition) is 4. The third-order valence-corrected chi connectivity index (χ3v) is 3.34. The van der Waals surface area contributed by atoms with Gasteiger partial charge in [0.1, 0.15) is 6.33 Å². The van der Waals surface area contributed by atoms with Gasteiger partial charge in [-0.15, -0.1) is 10.2 Å². The summed E-state index contributed by atoms with van der Waals surface area (Å²) in [5.74, 6) is -0.145. The Morgan fingerprint density at radius 2 is 2.20 bits per heavy atom. The lowest BCUT2D eigenvalue weighted by molar-refractivity contribution is -0.137. The van der Waals surface area contributed by atoms with Crippen molar-refractivity contribution in [1.29, 1.82) is 0 Å². The zero-order chi connectivity index (χ0) is 14.7. The van der Waals surface area contributed by atoms with Crippen LogP contribution in [0.5, 0.6) is 0 Å². The third-order valence-electron chi connectivity index (χ3n) is 3.34. The van der Waals surface area contributed by atoms with Crippen molar-refractivity contribution in [3.05, 3.63) is 12.2 Å². The molecule has 0 fully saturated rings. The number of nitrogens with zero attached hydrogens (tertiary/aromatic N) is 5. The molecule has 0 saturated heterocycles. The average molecular weight is 281 g/mol. The normalized spacial score (nSPS) is 14.2. The van der Waals surface area contributed by atoms with Gasteiger partial charge in [-0.1, -0.05) is 0 Å². The van der Waals surface area contributed by atoms with Crippen molar-refractivity contribution in [2.24, 2.45) is 0 Å². The molecule has 1 aromatic heterocycles. The first-order valence-corrected chi connectivity index (χ1v) is 6.63. The maximum atomic E-state index is 12.5. The van der Waals surface area contributed by atoms with E-state index >= 15 is 0 Å². The number of fused-ring (bicyclic) bond motifs is 1. The number of hydrogen-bond donors (Lipinski definition) is 1. The van der Waals surface area contributed by atoms with Crippen LogP contribution in [0.3, 0.4) is 0 Å². The molecule has 1 aliphatic heterocycles. The first kappa shape index (κ1) is 14.3. The summed E-state index contributed by atoms with van der Waals surface area (Å²) in [6.07, 6.45) is 1.61. The molecule has 1 aliphatic rings. The Morgan fingerprint density at radius 1 is 1.45 bits per heavy atom. The maximum absolute atomic E-state index is 12.5. The molecule has 0 saturated carbocycles. The van der Waals surface area contributed by atoms with Crippen LogP contribution in [0.15, 0.2) is 6.33 Å². The fourth-order valence-corrected chi connectivity index (χ4v) is 2.20. The molecule has 0 aliphatic carbocycles. The van der Waals surface area contributed by atoms with Crippen molar-refractivity contribution < 1.29 is 14.7 Å². The van der Waals surface area contributed by atoms with E-state index in [-0.39, 0.29) is 25.0 Å². The highest BCUT2D eigenvalue weighted by atomic mass is 16.4. The summed E-state index contributed by atoms with van der Waals surface area (Å²) in [7, 11) is 0. The second-order valence-corrected chi connectivity index (χ2v) is 5.08. The van der Waals surface area contributed by atoms with E-state index < -0.39 is 5.97 Å². The van der Waals surface area contributed by atoms with Gasteiger partial charge in [0.15, 0.2) is 5.82 Å². The highest BCUT2D eigenvalue weighted by Gasteiger charge is 2.27. The Hall–Kier alpha value is -2.12. The molecule has 0 aromatic carbocycles. The number of amides is 2. The summed E-state index contributed by atoms with van der Waals surface area (Å²) < 4.78 is 1.92. The Bertz CT molecular complexity index is 499. The topological polar surface area (TPSA) is 91.6 Å². The molecule has 1 aromatic rings. The highest BCUT2D eigenvalue weighted by molar-refractivity contribution is 5.76. The molecule has 2 heterocycles. The summed E-state index contributed by atoms with van der Waals surface area (Å²) in [6, 6.07) is -0.183. The molecule has 0 radical (unpaired) electrons. The molecule has 8 nitrogen and oxygen atoms in total. The molecule has 0 bridgehead atoms. The Balaban J connectivity index is 2.03. The number of urea groups is 1. The van der Waals surface area contributed by atoms with Crippen molar-refractivity contribution in [2.75, 3.05) is 13.1 Å². The summed E-state index contributed by atoms with van der Waals surface area (Å²) in [5, 5.41) is 16.6. The molecular weight excluding hydrogens is 262 g/mol. The predicted molar refractivity (Wildman–Crippen MR) is 69.9 cm³/mol. The predicted octanol–water partition coefficient (Wildman–Crippen LogP) is 0.399. The summed E-state index contributed by atoms with van der Waals surface area (Å²) >= 11 is 0. The van der Waals surface area contributed by atoms with Crippen LogP contribution in [0.4, 0.5) is 4.79 Å². The highest BCUT2D eigenvalue weighted by Crippen LogP contribution is 2.13. The number of aromatic nitrogens is 3. The van der Waals surface area contributed by atoms with Gasteiger partial charge in [0, 0.05) is 25.7 Å². The minimum atomic E-state index is -0.901. The van der Waals surface area contributed by atoms with E-state index in [1.807, 2.05) is 18.4 Å². The van der Waals surface area contributed by atoms with Crippen LogP contribution in [-0.2, 0) is 17.9 Å². The van der Waals surface area contributed by atoms with Gasteiger partial charge in [0.05, 0.1) is 13.0 Å². The quantitative estimate of drug-likeness (QED) is 0.862. The molecule has 1 N–H and O–H groups in total. The fourth-order valence-electron chi connectivity index (χ4n) is 2.20. The number of carboxylic acids is 1. The number of carbonyl (C=O) groups is 2. The second kappa shape index (κ2) is 5.89. The Labute approximate surface area is 117 Å².